The number of ether oxygens (including phenoxy) is 1. The average Bonchev–Trinajstić information content (AvgIpc) is 2.73. The molecule has 1 heterocycles. The summed E-state index contributed by atoms with van der Waals surface area (Å²) in [7, 11) is 1.70. The van der Waals surface area contributed by atoms with Gasteiger partial charge >= 0.3 is 0 Å². The van der Waals surface area contributed by atoms with Crippen LogP contribution in [0.4, 0.5) is 0 Å². The van der Waals surface area contributed by atoms with Crippen molar-refractivity contribution in [3.8, 4) is 0 Å². The Morgan fingerprint density at radius 3 is 2.87 bits per heavy atom. The predicted molar refractivity (Wildman–Crippen MR) is 59.1 cm³/mol. The van der Waals surface area contributed by atoms with Crippen LogP contribution in [-0.2, 0) is 11.3 Å². The van der Waals surface area contributed by atoms with Crippen molar-refractivity contribution in [1.82, 2.24) is 15.2 Å². The largest absolute Gasteiger partial charge is 0.382 e. The normalized spacial score (nSPS) is 15.2. The van der Waals surface area contributed by atoms with E-state index in [1.165, 1.54) is 0 Å². The second-order valence-electron chi connectivity index (χ2n) is 3.63. The maximum atomic E-state index is 5.52. The van der Waals surface area contributed by atoms with E-state index in [0.29, 0.717) is 0 Å². The molecule has 0 fully saturated rings. The highest BCUT2D eigenvalue weighted by molar-refractivity contribution is 5.10. The first kappa shape index (κ1) is 12.2. The number of nitrogens with two attached hydrogens (primary N) is 1. The highest BCUT2D eigenvalue weighted by Crippen LogP contribution is 2.17. The van der Waals surface area contributed by atoms with Crippen molar-refractivity contribution in [2.24, 2.45) is 5.84 Å². The van der Waals surface area contributed by atoms with Gasteiger partial charge in [-0.3, -0.25) is 16.0 Å². The van der Waals surface area contributed by atoms with Crippen molar-refractivity contribution in [1.29, 1.82) is 0 Å². The second-order valence-corrected chi connectivity index (χ2v) is 3.63. The highest BCUT2D eigenvalue weighted by Gasteiger charge is 2.15. The summed E-state index contributed by atoms with van der Waals surface area (Å²) in [6, 6.07) is 0.0975. The summed E-state index contributed by atoms with van der Waals surface area (Å²) in [5.74, 6) is 5.52. The smallest absolute Gasteiger partial charge is 0.0561 e. The standard InChI is InChI=1S/C10H20N4O/c1-4-14-7-9(6-12-14)10(13-11)5-8(2)15-3/h6-8,10,13H,4-5,11H2,1-3H3. The van der Waals surface area contributed by atoms with Crippen LogP contribution in [0.25, 0.3) is 0 Å². The molecule has 5 heteroatoms. The zero-order chi connectivity index (χ0) is 11.3. The SMILES string of the molecule is CCn1cc(C(CC(C)OC)NN)cn1. The van der Waals surface area contributed by atoms with E-state index in [0.717, 1.165) is 18.5 Å². The molecule has 0 aliphatic carbocycles. The maximum Gasteiger partial charge on any atom is 0.0561 e. The van der Waals surface area contributed by atoms with E-state index in [9.17, 15) is 0 Å². The first-order valence-corrected chi connectivity index (χ1v) is 5.22. The summed E-state index contributed by atoms with van der Waals surface area (Å²) >= 11 is 0. The number of rotatable bonds is 6. The number of hydrogen-bond acceptors (Lipinski definition) is 4. The Bertz CT molecular complexity index is 287. The molecule has 0 aromatic carbocycles. The molecule has 0 spiro atoms. The van der Waals surface area contributed by atoms with Gasteiger partial charge in [0.2, 0.25) is 0 Å². The van der Waals surface area contributed by atoms with E-state index < -0.39 is 0 Å². The van der Waals surface area contributed by atoms with Gasteiger partial charge in [0.25, 0.3) is 0 Å². The molecule has 2 unspecified atom stereocenters. The van der Waals surface area contributed by atoms with Gasteiger partial charge in [0.15, 0.2) is 0 Å². The lowest BCUT2D eigenvalue weighted by atomic mass is 10.1. The fraction of sp³-hybridized carbons (Fsp3) is 0.700. The molecule has 0 saturated carbocycles. The second kappa shape index (κ2) is 5.85. The van der Waals surface area contributed by atoms with E-state index in [2.05, 4.69) is 17.4 Å². The lowest BCUT2D eigenvalue weighted by molar-refractivity contribution is 0.100. The topological polar surface area (TPSA) is 65.1 Å². The van der Waals surface area contributed by atoms with E-state index in [4.69, 9.17) is 10.6 Å². The highest BCUT2D eigenvalue weighted by atomic mass is 16.5. The number of hydrogen-bond donors (Lipinski definition) is 2. The first-order valence-electron chi connectivity index (χ1n) is 5.22. The van der Waals surface area contributed by atoms with Gasteiger partial charge in [0.05, 0.1) is 18.3 Å². The molecular weight excluding hydrogens is 192 g/mol. The minimum absolute atomic E-state index is 0.0975. The van der Waals surface area contributed by atoms with Gasteiger partial charge in [-0.25, -0.2) is 0 Å². The third-order valence-corrected chi connectivity index (χ3v) is 2.55. The quantitative estimate of drug-likeness (QED) is 0.541. The van der Waals surface area contributed by atoms with Crippen molar-refractivity contribution in [3.63, 3.8) is 0 Å². The summed E-state index contributed by atoms with van der Waals surface area (Å²) in [6.45, 7) is 4.95. The third kappa shape index (κ3) is 3.30. The number of nitrogens with zero attached hydrogens (tertiary/aromatic N) is 2. The Morgan fingerprint density at radius 1 is 1.67 bits per heavy atom. The zero-order valence-electron chi connectivity index (χ0n) is 9.60. The Balaban J connectivity index is 2.65. The van der Waals surface area contributed by atoms with Crippen molar-refractivity contribution in [2.45, 2.75) is 39.0 Å². The van der Waals surface area contributed by atoms with Crippen LogP contribution in [-0.4, -0.2) is 23.0 Å². The Kier molecular flexibility index (Phi) is 4.74. The molecular formula is C10H20N4O. The Labute approximate surface area is 90.6 Å². The van der Waals surface area contributed by atoms with Gasteiger partial charge in [-0.15, -0.1) is 0 Å². The minimum atomic E-state index is 0.0975. The molecule has 2 atom stereocenters. The van der Waals surface area contributed by atoms with E-state index in [-0.39, 0.29) is 12.1 Å². The summed E-state index contributed by atoms with van der Waals surface area (Å²) in [4.78, 5) is 0. The van der Waals surface area contributed by atoms with Gasteiger partial charge in [0.1, 0.15) is 0 Å². The van der Waals surface area contributed by atoms with Gasteiger partial charge in [-0.2, -0.15) is 5.10 Å². The summed E-state index contributed by atoms with van der Waals surface area (Å²) in [6.07, 6.45) is 4.86. The molecule has 0 amide bonds. The van der Waals surface area contributed by atoms with Gasteiger partial charge < -0.3 is 4.74 Å². The Hall–Kier alpha value is -0.910. The van der Waals surface area contributed by atoms with Crippen LogP contribution < -0.4 is 11.3 Å². The lowest BCUT2D eigenvalue weighted by Gasteiger charge is -2.17. The van der Waals surface area contributed by atoms with E-state index in [1.54, 1.807) is 7.11 Å². The number of hydrazine groups is 1. The molecule has 3 N–H and O–H groups in total. The molecule has 0 radical (unpaired) electrons. The van der Waals surface area contributed by atoms with Crippen LogP contribution in [0.1, 0.15) is 31.9 Å². The number of aryl methyl sites for hydroxylation is 1. The molecule has 1 aromatic rings. The molecule has 0 bridgehead atoms. The molecule has 0 aliphatic heterocycles. The molecule has 5 nitrogen and oxygen atoms in total. The average molecular weight is 212 g/mol. The van der Waals surface area contributed by atoms with E-state index >= 15 is 0 Å². The van der Waals surface area contributed by atoms with Gasteiger partial charge in [-0.1, -0.05) is 0 Å². The number of aromatic nitrogens is 2. The zero-order valence-corrected chi connectivity index (χ0v) is 9.60. The summed E-state index contributed by atoms with van der Waals surface area (Å²) in [5, 5.41) is 4.22. The lowest BCUT2D eigenvalue weighted by Crippen LogP contribution is -2.30. The molecule has 15 heavy (non-hydrogen) atoms. The molecule has 0 aliphatic rings. The van der Waals surface area contributed by atoms with Crippen molar-refractivity contribution >= 4 is 0 Å². The predicted octanol–water partition coefficient (Wildman–Crippen LogP) is 0.832. The van der Waals surface area contributed by atoms with Crippen LogP contribution in [0.3, 0.4) is 0 Å². The number of methoxy groups -OCH3 is 1. The van der Waals surface area contributed by atoms with Crippen molar-refractivity contribution in [3.05, 3.63) is 18.0 Å². The van der Waals surface area contributed by atoms with Crippen LogP contribution in [0.15, 0.2) is 12.4 Å². The fourth-order valence-corrected chi connectivity index (χ4v) is 1.46. The maximum absolute atomic E-state index is 5.52. The van der Waals surface area contributed by atoms with Crippen LogP contribution in [0, 0.1) is 0 Å². The van der Waals surface area contributed by atoms with Crippen molar-refractivity contribution < 1.29 is 4.74 Å². The monoisotopic (exact) mass is 212 g/mol. The van der Waals surface area contributed by atoms with Gasteiger partial charge in [0, 0.05) is 25.4 Å². The molecule has 1 aromatic heterocycles. The van der Waals surface area contributed by atoms with Gasteiger partial charge in [-0.05, 0) is 20.3 Å². The van der Waals surface area contributed by atoms with Crippen molar-refractivity contribution in [2.75, 3.05) is 7.11 Å². The Morgan fingerprint density at radius 2 is 2.40 bits per heavy atom. The van der Waals surface area contributed by atoms with Crippen LogP contribution >= 0.6 is 0 Å². The summed E-state index contributed by atoms with van der Waals surface area (Å²) in [5.41, 5.74) is 3.89. The third-order valence-electron chi connectivity index (χ3n) is 2.55. The van der Waals surface area contributed by atoms with E-state index in [1.807, 2.05) is 24.0 Å². The number of nitrogens with one attached hydrogen (secondary N) is 1. The molecule has 1 rings (SSSR count). The molecule has 0 saturated heterocycles. The van der Waals surface area contributed by atoms with Crippen LogP contribution in [0.2, 0.25) is 0 Å². The first-order chi connectivity index (χ1) is 7.21. The fourth-order valence-electron chi connectivity index (χ4n) is 1.46. The van der Waals surface area contributed by atoms with Crippen LogP contribution in [0.5, 0.6) is 0 Å². The molecule has 86 valence electrons. The summed E-state index contributed by atoms with van der Waals surface area (Å²) < 4.78 is 7.10. The minimum Gasteiger partial charge on any atom is -0.382 e.